The zero-order valence-corrected chi connectivity index (χ0v) is 16.3. The molecule has 6 nitrogen and oxygen atoms in total. The minimum Gasteiger partial charge on any atom is -0.462 e. The van der Waals surface area contributed by atoms with Gasteiger partial charge in [0, 0.05) is 19.6 Å². The van der Waals surface area contributed by atoms with Crippen LogP contribution in [0.4, 0.5) is 4.39 Å². The van der Waals surface area contributed by atoms with E-state index in [1.807, 2.05) is 18.2 Å². The monoisotopic (exact) mass is 414 g/mol. The highest BCUT2D eigenvalue weighted by molar-refractivity contribution is 7.89. The molecule has 1 aliphatic rings. The molecule has 0 fully saturated rings. The molecular formula is C18H20ClFN2O4S. The van der Waals surface area contributed by atoms with E-state index >= 15 is 0 Å². The molecule has 0 spiro atoms. The average Bonchev–Trinajstić information content (AvgIpc) is 3.07. The normalized spacial score (nSPS) is 13.0. The van der Waals surface area contributed by atoms with Crippen LogP contribution in [0.1, 0.15) is 34.0 Å². The van der Waals surface area contributed by atoms with Crippen molar-refractivity contribution in [3.8, 4) is 0 Å². The molecule has 0 aliphatic carbocycles. The van der Waals surface area contributed by atoms with E-state index in [0.717, 1.165) is 42.4 Å². The van der Waals surface area contributed by atoms with Crippen LogP contribution in [0.25, 0.3) is 0 Å². The summed E-state index contributed by atoms with van der Waals surface area (Å²) in [7, 11) is -3.98. The number of rotatable bonds is 6. The second-order valence-corrected chi connectivity index (χ2v) is 7.69. The number of benzene rings is 2. The maximum Gasteiger partial charge on any atom is 0.338 e. The summed E-state index contributed by atoms with van der Waals surface area (Å²) in [6, 6.07) is 8.68. The summed E-state index contributed by atoms with van der Waals surface area (Å²) in [5, 5.41) is 3.22. The Balaban J connectivity index is 0.00000261. The van der Waals surface area contributed by atoms with E-state index < -0.39 is 21.8 Å². The topological polar surface area (TPSA) is 84.5 Å². The number of fused-ring (bicyclic) bond motifs is 1. The highest BCUT2D eigenvalue weighted by Gasteiger charge is 2.19. The summed E-state index contributed by atoms with van der Waals surface area (Å²) in [6.07, 6.45) is 0. The lowest BCUT2D eigenvalue weighted by Gasteiger charge is -2.10. The molecule has 0 saturated carbocycles. The third-order valence-corrected chi connectivity index (χ3v) is 5.44. The molecule has 146 valence electrons. The number of hydrogen-bond acceptors (Lipinski definition) is 5. The van der Waals surface area contributed by atoms with Gasteiger partial charge in [-0.2, -0.15) is 0 Å². The number of esters is 1. The van der Waals surface area contributed by atoms with Gasteiger partial charge in [-0.1, -0.05) is 18.2 Å². The first-order valence-corrected chi connectivity index (χ1v) is 9.66. The van der Waals surface area contributed by atoms with Crippen molar-refractivity contribution in [1.29, 1.82) is 0 Å². The molecular weight excluding hydrogens is 395 g/mol. The van der Waals surface area contributed by atoms with Gasteiger partial charge in [0.2, 0.25) is 10.0 Å². The number of hydrogen-bond donors (Lipinski definition) is 2. The van der Waals surface area contributed by atoms with Gasteiger partial charge in [0.05, 0.1) is 17.1 Å². The molecule has 0 atom stereocenters. The molecule has 1 aliphatic heterocycles. The molecule has 3 rings (SSSR count). The van der Waals surface area contributed by atoms with Crippen LogP contribution in [0.5, 0.6) is 0 Å². The predicted octanol–water partition coefficient (Wildman–Crippen LogP) is 2.51. The van der Waals surface area contributed by atoms with Gasteiger partial charge in [-0.3, -0.25) is 0 Å². The number of halogens is 2. The van der Waals surface area contributed by atoms with E-state index in [2.05, 4.69) is 10.0 Å². The molecule has 0 aromatic heterocycles. The van der Waals surface area contributed by atoms with E-state index in [1.165, 1.54) is 5.56 Å². The van der Waals surface area contributed by atoms with E-state index in [0.29, 0.717) is 0 Å². The van der Waals surface area contributed by atoms with E-state index in [1.54, 1.807) is 6.92 Å². The molecule has 0 saturated heterocycles. The van der Waals surface area contributed by atoms with Crippen LogP contribution in [0, 0.1) is 5.82 Å². The second kappa shape index (κ2) is 8.79. The summed E-state index contributed by atoms with van der Waals surface area (Å²) in [5.74, 6) is -1.59. The van der Waals surface area contributed by atoms with Crippen molar-refractivity contribution in [3.63, 3.8) is 0 Å². The number of sulfonamides is 1. The fourth-order valence-corrected chi connectivity index (χ4v) is 3.84. The summed E-state index contributed by atoms with van der Waals surface area (Å²) < 4.78 is 46.0. The third kappa shape index (κ3) is 5.04. The molecule has 0 amide bonds. The highest BCUT2D eigenvalue weighted by Crippen LogP contribution is 2.19. The Bertz CT molecular complexity index is 950. The zero-order chi connectivity index (χ0) is 18.7. The van der Waals surface area contributed by atoms with Crippen molar-refractivity contribution in [2.45, 2.75) is 31.5 Å². The molecule has 0 bridgehead atoms. The standard InChI is InChI=1S/C18H19FN2O4S.ClH/c1-2-25-18(22)14-6-16(19)8-17(7-14)26(23,24)21-9-12-3-4-13-10-20-11-15(13)5-12;/h3-8,20-21H,2,9-11H2,1H3;1H. The van der Waals surface area contributed by atoms with Crippen LogP contribution < -0.4 is 10.0 Å². The molecule has 2 aromatic rings. The lowest BCUT2D eigenvalue weighted by molar-refractivity contribution is 0.0525. The molecule has 2 aromatic carbocycles. The largest absolute Gasteiger partial charge is 0.462 e. The molecule has 1 heterocycles. The van der Waals surface area contributed by atoms with Gasteiger partial charge >= 0.3 is 5.97 Å². The van der Waals surface area contributed by atoms with Crippen molar-refractivity contribution < 1.29 is 22.3 Å². The molecule has 9 heteroatoms. The summed E-state index contributed by atoms with van der Waals surface area (Å²) in [6.45, 7) is 3.36. The third-order valence-electron chi connectivity index (χ3n) is 4.06. The number of carbonyl (C=O) groups is 1. The lowest BCUT2D eigenvalue weighted by Crippen LogP contribution is -2.24. The number of nitrogens with one attached hydrogen (secondary N) is 2. The van der Waals surface area contributed by atoms with Gasteiger partial charge < -0.3 is 10.1 Å². The Hall–Kier alpha value is -2.00. The maximum absolute atomic E-state index is 13.8. The SMILES string of the molecule is CCOC(=O)c1cc(F)cc(S(=O)(=O)NCc2ccc3c(c2)CNC3)c1.Cl. The van der Waals surface area contributed by atoms with Crippen molar-refractivity contribution in [2.75, 3.05) is 6.61 Å². The number of carbonyl (C=O) groups excluding carboxylic acids is 1. The Morgan fingerprint density at radius 2 is 1.93 bits per heavy atom. The average molecular weight is 415 g/mol. The molecule has 0 radical (unpaired) electrons. The van der Waals surface area contributed by atoms with Gasteiger partial charge in [-0.25, -0.2) is 22.3 Å². The van der Waals surface area contributed by atoms with E-state index in [9.17, 15) is 17.6 Å². The Morgan fingerprint density at radius 3 is 2.67 bits per heavy atom. The first kappa shape index (κ1) is 21.3. The van der Waals surface area contributed by atoms with Crippen LogP contribution in [-0.2, 0) is 34.4 Å². The maximum atomic E-state index is 13.8. The fraction of sp³-hybridized carbons (Fsp3) is 0.278. The summed E-state index contributed by atoms with van der Waals surface area (Å²) in [4.78, 5) is 11.4. The summed E-state index contributed by atoms with van der Waals surface area (Å²) in [5.41, 5.74) is 2.99. The predicted molar refractivity (Wildman–Crippen MR) is 101 cm³/mol. The van der Waals surface area contributed by atoms with Gasteiger partial charge in [-0.05, 0) is 41.8 Å². The van der Waals surface area contributed by atoms with Crippen molar-refractivity contribution in [3.05, 3.63) is 64.5 Å². The lowest BCUT2D eigenvalue weighted by atomic mass is 10.1. The van der Waals surface area contributed by atoms with Crippen molar-refractivity contribution >= 4 is 28.4 Å². The quantitative estimate of drug-likeness (QED) is 0.709. The summed E-state index contributed by atoms with van der Waals surface area (Å²) >= 11 is 0. The Morgan fingerprint density at radius 1 is 1.19 bits per heavy atom. The molecule has 27 heavy (non-hydrogen) atoms. The van der Waals surface area contributed by atoms with Crippen molar-refractivity contribution in [2.24, 2.45) is 0 Å². The second-order valence-electron chi connectivity index (χ2n) is 5.93. The van der Waals surface area contributed by atoms with E-state index in [-0.39, 0.29) is 36.0 Å². The smallest absolute Gasteiger partial charge is 0.338 e. The van der Waals surface area contributed by atoms with Gasteiger partial charge in [0.15, 0.2) is 0 Å². The van der Waals surface area contributed by atoms with Gasteiger partial charge in [-0.15, -0.1) is 12.4 Å². The fourth-order valence-electron chi connectivity index (χ4n) is 2.77. The van der Waals surface area contributed by atoms with Gasteiger partial charge in [0.1, 0.15) is 5.82 Å². The minimum atomic E-state index is -3.98. The van der Waals surface area contributed by atoms with Crippen molar-refractivity contribution in [1.82, 2.24) is 10.0 Å². The van der Waals surface area contributed by atoms with Gasteiger partial charge in [0.25, 0.3) is 0 Å². The van der Waals surface area contributed by atoms with Crippen LogP contribution in [-0.4, -0.2) is 21.0 Å². The first-order chi connectivity index (χ1) is 12.4. The molecule has 0 unspecified atom stereocenters. The Kier molecular flexibility index (Phi) is 6.94. The van der Waals surface area contributed by atoms with Crippen LogP contribution in [0.15, 0.2) is 41.3 Å². The Labute approximate surface area is 163 Å². The van der Waals surface area contributed by atoms with Crippen LogP contribution in [0.2, 0.25) is 0 Å². The molecule has 2 N–H and O–H groups in total. The minimum absolute atomic E-state index is 0. The van der Waals surface area contributed by atoms with Crippen LogP contribution in [0.3, 0.4) is 0 Å². The van der Waals surface area contributed by atoms with Crippen LogP contribution >= 0.6 is 12.4 Å². The first-order valence-electron chi connectivity index (χ1n) is 8.18. The zero-order valence-electron chi connectivity index (χ0n) is 14.6. The number of ether oxygens (including phenoxy) is 1. The highest BCUT2D eigenvalue weighted by atomic mass is 35.5. The van der Waals surface area contributed by atoms with E-state index in [4.69, 9.17) is 4.74 Å².